The Kier molecular flexibility index (Phi) is 8.70. The van der Waals surface area contributed by atoms with Gasteiger partial charge in [-0.05, 0) is 38.8 Å². The second kappa shape index (κ2) is 12.2. The average Bonchev–Trinajstić information content (AvgIpc) is 3.21. The number of nitrogens with zero attached hydrogens (tertiary/aromatic N) is 7. The van der Waals surface area contributed by atoms with Gasteiger partial charge in [0.05, 0.1) is 12.8 Å². The maximum atomic E-state index is 12.8. The van der Waals surface area contributed by atoms with Gasteiger partial charge in [-0.3, -0.25) is 9.48 Å². The lowest BCUT2D eigenvalue weighted by molar-refractivity contribution is -0.137. The summed E-state index contributed by atoms with van der Waals surface area (Å²) >= 11 is 0. The third-order valence-corrected chi connectivity index (χ3v) is 7.18. The number of aromatic nitrogens is 6. The second-order valence-electron chi connectivity index (χ2n) is 9.76. The van der Waals surface area contributed by atoms with Crippen molar-refractivity contribution in [2.75, 3.05) is 30.4 Å². The van der Waals surface area contributed by atoms with E-state index in [4.69, 9.17) is 9.72 Å². The largest absolute Gasteiger partial charge is 0.480 e. The summed E-state index contributed by atoms with van der Waals surface area (Å²) in [5.74, 6) is 0.146. The van der Waals surface area contributed by atoms with Crippen molar-refractivity contribution in [1.29, 1.82) is 0 Å². The van der Waals surface area contributed by atoms with E-state index < -0.39 is 12.0 Å². The number of carboxylic acid groups (broad SMARTS) is 1. The molecule has 4 aromatic rings. The topological polar surface area (TPSA) is 140 Å². The molecule has 0 amide bonds. The molecule has 0 fully saturated rings. The zero-order valence-electron chi connectivity index (χ0n) is 24.5. The first-order valence-corrected chi connectivity index (χ1v) is 13.4. The molecule has 0 aliphatic rings. The molecule has 1 atom stereocenters. The molecule has 0 aliphatic heterocycles. The molecule has 4 rings (SSSR count). The van der Waals surface area contributed by atoms with Gasteiger partial charge in [0.25, 0.3) is 5.56 Å². The summed E-state index contributed by atoms with van der Waals surface area (Å²) in [7, 11) is 4.95. The molecule has 0 saturated heterocycles. The highest BCUT2D eigenvalue weighted by Gasteiger charge is 2.24. The average molecular weight is 561 g/mol. The fourth-order valence-corrected chi connectivity index (χ4v) is 4.82. The van der Waals surface area contributed by atoms with Crippen molar-refractivity contribution in [3.8, 4) is 28.1 Å². The Hall–Kier alpha value is -4.74. The SMILES string of the molecule is CCN(CC)c1ncc(-c2c(C)nn(C)c2C)c(N[C@@H](Cc2ccc(-c3c(OC)ncn(C)c3=O)cc2)C(=O)O)n1. The Morgan fingerprint density at radius 2 is 1.78 bits per heavy atom. The van der Waals surface area contributed by atoms with Crippen LogP contribution in [0.15, 0.2) is 41.6 Å². The van der Waals surface area contributed by atoms with Crippen LogP contribution in [0, 0.1) is 13.8 Å². The number of rotatable bonds is 11. The van der Waals surface area contributed by atoms with E-state index in [0.717, 1.165) is 22.5 Å². The van der Waals surface area contributed by atoms with Crippen LogP contribution in [-0.4, -0.2) is 66.6 Å². The van der Waals surface area contributed by atoms with Gasteiger partial charge in [0.15, 0.2) is 0 Å². The number of aryl methyl sites for hydroxylation is 3. The van der Waals surface area contributed by atoms with Crippen molar-refractivity contribution in [3.05, 3.63) is 64.1 Å². The lowest BCUT2D eigenvalue weighted by atomic mass is 10.0. The Bertz CT molecular complexity index is 1610. The quantitative estimate of drug-likeness (QED) is 0.281. The maximum absolute atomic E-state index is 12.8. The van der Waals surface area contributed by atoms with Crippen LogP contribution in [-0.2, 0) is 25.3 Å². The van der Waals surface area contributed by atoms with E-state index in [1.807, 2.05) is 39.6 Å². The van der Waals surface area contributed by atoms with Gasteiger partial charge in [-0.15, -0.1) is 0 Å². The Morgan fingerprint density at radius 3 is 2.34 bits per heavy atom. The number of benzene rings is 1. The third-order valence-electron chi connectivity index (χ3n) is 7.18. The Balaban J connectivity index is 1.70. The Labute approximate surface area is 238 Å². The van der Waals surface area contributed by atoms with Gasteiger partial charge >= 0.3 is 5.97 Å². The summed E-state index contributed by atoms with van der Waals surface area (Å²) in [5.41, 5.74) is 4.76. The lowest BCUT2D eigenvalue weighted by Crippen LogP contribution is -2.33. The number of hydrogen-bond donors (Lipinski definition) is 2. The molecule has 0 bridgehead atoms. The van der Waals surface area contributed by atoms with Gasteiger partial charge in [0, 0.05) is 56.6 Å². The van der Waals surface area contributed by atoms with E-state index in [0.29, 0.717) is 41.5 Å². The lowest BCUT2D eigenvalue weighted by Gasteiger charge is -2.22. The summed E-state index contributed by atoms with van der Waals surface area (Å²) in [6.45, 7) is 9.32. The zero-order valence-corrected chi connectivity index (χ0v) is 24.5. The number of ether oxygens (including phenoxy) is 1. The van der Waals surface area contributed by atoms with E-state index in [1.54, 1.807) is 42.2 Å². The minimum Gasteiger partial charge on any atom is -0.480 e. The fraction of sp³-hybridized carbons (Fsp3) is 0.379. The van der Waals surface area contributed by atoms with Crippen molar-refractivity contribution in [3.63, 3.8) is 0 Å². The molecule has 0 unspecified atom stereocenters. The fourth-order valence-electron chi connectivity index (χ4n) is 4.82. The molecule has 0 saturated carbocycles. The molecule has 216 valence electrons. The molecule has 12 heteroatoms. The van der Waals surface area contributed by atoms with Gasteiger partial charge in [0.1, 0.15) is 23.8 Å². The summed E-state index contributed by atoms with van der Waals surface area (Å²) in [5, 5.41) is 17.9. The third kappa shape index (κ3) is 5.91. The van der Waals surface area contributed by atoms with Crippen LogP contribution in [0.5, 0.6) is 5.88 Å². The molecule has 0 aliphatic carbocycles. The number of carboxylic acids is 1. The van der Waals surface area contributed by atoms with E-state index in [9.17, 15) is 14.7 Å². The van der Waals surface area contributed by atoms with Gasteiger partial charge in [0.2, 0.25) is 11.8 Å². The molecular weight excluding hydrogens is 524 g/mol. The summed E-state index contributed by atoms with van der Waals surface area (Å²) in [6, 6.07) is 6.16. The summed E-state index contributed by atoms with van der Waals surface area (Å²) < 4.78 is 8.47. The van der Waals surface area contributed by atoms with Crippen molar-refractivity contribution in [1.82, 2.24) is 29.3 Å². The van der Waals surface area contributed by atoms with E-state index >= 15 is 0 Å². The smallest absolute Gasteiger partial charge is 0.326 e. The molecule has 3 heterocycles. The van der Waals surface area contributed by atoms with Crippen LogP contribution < -0.4 is 20.5 Å². The van der Waals surface area contributed by atoms with Crippen LogP contribution >= 0.6 is 0 Å². The summed E-state index contributed by atoms with van der Waals surface area (Å²) in [4.78, 5) is 40.8. The molecular formula is C29H36N8O4. The molecule has 1 aromatic carbocycles. The molecule has 41 heavy (non-hydrogen) atoms. The monoisotopic (exact) mass is 560 g/mol. The van der Waals surface area contributed by atoms with E-state index in [1.165, 1.54) is 18.0 Å². The van der Waals surface area contributed by atoms with Crippen LogP contribution in [0.4, 0.5) is 11.8 Å². The first-order chi connectivity index (χ1) is 19.6. The van der Waals surface area contributed by atoms with Crippen LogP contribution in [0.3, 0.4) is 0 Å². The predicted octanol–water partition coefficient (Wildman–Crippen LogP) is 3.22. The normalized spacial score (nSPS) is 11.8. The van der Waals surface area contributed by atoms with E-state index in [-0.39, 0.29) is 17.9 Å². The minimum atomic E-state index is -1.02. The first kappa shape index (κ1) is 29.2. The maximum Gasteiger partial charge on any atom is 0.326 e. The predicted molar refractivity (Wildman–Crippen MR) is 157 cm³/mol. The molecule has 12 nitrogen and oxygen atoms in total. The van der Waals surface area contributed by atoms with Crippen molar-refractivity contribution in [2.24, 2.45) is 14.1 Å². The van der Waals surface area contributed by atoms with Crippen molar-refractivity contribution >= 4 is 17.7 Å². The summed E-state index contributed by atoms with van der Waals surface area (Å²) in [6.07, 6.45) is 3.31. The number of nitrogens with one attached hydrogen (secondary N) is 1. The standard InChI is InChI=1S/C29H36N8O4/c1-8-37(9-2)29-30-15-21(23-17(3)34-36(6)18(23)4)25(33-29)32-22(28(39)40)14-19-10-12-20(13-11-19)24-26(41-7)31-16-35(5)27(24)38/h10-13,15-16,22H,8-9,14H2,1-7H3,(H,39,40)(H,30,32,33)/t22-/m0/s1. The van der Waals surface area contributed by atoms with Gasteiger partial charge < -0.3 is 24.6 Å². The first-order valence-electron chi connectivity index (χ1n) is 13.4. The number of aliphatic carboxylic acids is 1. The highest BCUT2D eigenvalue weighted by Crippen LogP contribution is 2.33. The van der Waals surface area contributed by atoms with Gasteiger partial charge in [-0.1, -0.05) is 24.3 Å². The van der Waals surface area contributed by atoms with E-state index in [2.05, 4.69) is 20.4 Å². The highest BCUT2D eigenvalue weighted by molar-refractivity contribution is 5.83. The molecule has 3 aromatic heterocycles. The van der Waals surface area contributed by atoms with Gasteiger partial charge in [-0.2, -0.15) is 10.1 Å². The number of hydrogen-bond acceptors (Lipinski definition) is 9. The minimum absolute atomic E-state index is 0.173. The van der Waals surface area contributed by atoms with Crippen molar-refractivity contribution < 1.29 is 14.6 Å². The number of methoxy groups -OCH3 is 1. The second-order valence-corrected chi connectivity index (χ2v) is 9.76. The van der Waals surface area contributed by atoms with Crippen LogP contribution in [0.25, 0.3) is 22.3 Å². The molecule has 0 radical (unpaired) electrons. The van der Waals surface area contributed by atoms with Crippen LogP contribution in [0.2, 0.25) is 0 Å². The molecule has 2 N–H and O–H groups in total. The number of carbonyl (C=O) groups is 1. The number of anilines is 2. The van der Waals surface area contributed by atoms with Crippen molar-refractivity contribution in [2.45, 2.75) is 40.2 Å². The van der Waals surface area contributed by atoms with Crippen LogP contribution in [0.1, 0.15) is 30.8 Å². The Morgan fingerprint density at radius 1 is 1.10 bits per heavy atom. The molecule has 0 spiro atoms. The van der Waals surface area contributed by atoms with Gasteiger partial charge in [-0.25, -0.2) is 14.8 Å². The highest BCUT2D eigenvalue weighted by atomic mass is 16.5. The zero-order chi connectivity index (χ0) is 29.8.